The van der Waals surface area contributed by atoms with Crippen LogP contribution in [0.15, 0.2) is 24.5 Å². The fourth-order valence-electron chi connectivity index (χ4n) is 2.20. The molecule has 1 N–H and O–H groups in total. The topological polar surface area (TPSA) is 56.5 Å². The first-order valence-electron chi connectivity index (χ1n) is 6.62. The second kappa shape index (κ2) is 6.83. The Morgan fingerprint density at radius 3 is 2.67 bits per heavy atom. The molecule has 0 aliphatic rings. The zero-order valence-electron chi connectivity index (χ0n) is 12.3. The molecule has 0 amide bonds. The Bertz CT molecular complexity index is 613. The van der Waals surface area contributed by atoms with Crippen molar-refractivity contribution in [1.29, 1.82) is 0 Å². The lowest BCUT2D eigenvalue weighted by Gasteiger charge is -2.15. The van der Waals surface area contributed by atoms with Crippen molar-refractivity contribution in [1.82, 2.24) is 9.55 Å². The van der Waals surface area contributed by atoms with Gasteiger partial charge in [0.05, 0.1) is 25.3 Å². The van der Waals surface area contributed by atoms with Crippen molar-refractivity contribution < 1.29 is 14.6 Å². The average molecular weight is 311 g/mol. The van der Waals surface area contributed by atoms with E-state index < -0.39 is 6.10 Å². The maximum absolute atomic E-state index is 10.3. The number of methoxy groups -OCH3 is 2. The van der Waals surface area contributed by atoms with Crippen LogP contribution in [0.1, 0.15) is 23.9 Å². The van der Waals surface area contributed by atoms with Crippen molar-refractivity contribution in [2.24, 2.45) is 7.05 Å². The summed E-state index contributed by atoms with van der Waals surface area (Å²) in [6.07, 6.45) is 4.22. The molecule has 1 unspecified atom stereocenters. The molecular formula is C15H19ClN2O3. The van der Waals surface area contributed by atoms with Crippen LogP contribution in [-0.4, -0.2) is 28.9 Å². The van der Waals surface area contributed by atoms with Crippen LogP contribution in [0.25, 0.3) is 0 Å². The van der Waals surface area contributed by atoms with E-state index >= 15 is 0 Å². The third-order valence-electron chi connectivity index (χ3n) is 3.40. The lowest BCUT2D eigenvalue weighted by atomic mass is 10.0. The summed E-state index contributed by atoms with van der Waals surface area (Å²) in [5, 5.41) is 10.7. The summed E-state index contributed by atoms with van der Waals surface area (Å²) in [7, 11) is 5.00. The maximum atomic E-state index is 10.3. The molecule has 21 heavy (non-hydrogen) atoms. The maximum Gasteiger partial charge on any atom is 0.179 e. The number of aromatic nitrogens is 2. The largest absolute Gasteiger partial charge is 0.493 e. The normalized spacial score (nSPS) is 12.2. The number of benzene rings is 1. The molecule has 0 saturated carbocycles. The minimum absolute atomic E-state index is 0.419. The number of nitrogens with zero attached hydrogens (tertiary/aromatic N) is 2. The Labute approximate surface area is 129 Å². The van der Waals surface area contributed by atoms with Crippen molar-refractivity contribution in [3.05, 3.63) is 40.9 Å². The first-order valence-corrected chi connectivity index (χ1v) is 7.00. The molecule has 0 aliphatic heterocycles. The molecule has 2 rings (SSSR count). The second-order valence-electron chi connectivity index (χ2n) is 4.75. The van der Waals surface area contributed by atoms with Crippen LogP contribution < -0.4 is 9.47 Å². The van der Waals surface area contributed by atoms with Crippen LogP contribution in [0.5, 0.6) is 11.5 Å². The summed E-state index contributed by atoms with van der Waals surface area (Å²) in [6, 6.07) is 3.44. The van der Waals surface area contributed by atoms with Gasteiger partial charge in [-0.25, -0.2) is 4.98 Å². The zero-order valence-corrected chi connectivity index (χ0v) is 13.1. The highest BCUT2D eigenvalue weighted by molar-refractivity contribution is 6.32. The minimum Gasteiger partial charge on any atom is -0.493 e. The Kier molecular flexibility index (Phi) is 5.09. The van der Waals surface area contributed by atoms with E-state index in [2.05, 4.69) is 4.98 Å². The van der Waals surface area contributed by atoms with Gasteiger partial charge in [-0.2, -0.15) is 0 Å². The van der Waals surface area contributed by atoms with Gasteiger partial charge in [0.2, 0.25) is 0 Å². The summed E-state index contributed by atoms with van der Waals surface area (Å²) >= 11 is 6.15. The average Bonchev–Trinajstić information content (AvgIpc) is 2.89. The standard InChI is InChI=1S/C15H19ClN2O3/c1-18-7-6-17-14(18)5-4-12(19)10-8-11(16)15(21-3)13(9-10)20-2/h6-9,12,19H,4-5H2,1-3H3. The summed E-state index contributed by atoms with van der Waals surface area (Å²) in [5.74, 6) is 1.91. The molecule has 1 aromatic heterocycles. The van der Waals surface area contributed by atoms with Gasteiger partial charge < -0.3 is 19.1 Å². The molecule has 0 bridgehead atoms. The van der Waals surface area contributed by atoms with Crippen molar-refractivity contribution in [2.75, 3.05) is 14.2 Å². The van der Waals surface area contributed by atoms with Gasteiger partial charge in [0, 0.05) is 25.9 Å². The van der Waals surface area contributed by atoms with E-state index in [0.29, 0.717) is 34.9 Å². The number of imidazole rings is 1. The Morgan fingerprint density at radius 1 is 1.33 bits per heavy atom. The summed E-state index contributed by atoms with van der Waals surface area (Å²) in [6.45, 7) is 0. The lowest BCUT2D eigenvalue weighted by Crippen LogP contribution is -2.04. The van der Waals surface area contributed by atoms with Gasteiger partial charge in [-0.3, -0.25) is 0 Å². The first-order chi connectivity index (χ1) is 10.1. The number of hydrogen-bond acceptors (Lipinski definition) is 4. The third-order valence-corrected chi connectivity index (χ3v) is 3.68. The van der Waals surface area contributed by atoms with E-state index in [9.17, 15) is 5.11 Å². The van der Waals surface area contributed by atoms with Crippen molar-refractivity contribution >= 4 is 11.6 Å². The predicted octanol–water partition coefficient (Wildman–Crippen LogP) is 2.76. The van der Waals surface area contributed by atoms with E-state index in [0.717, 1.165) is 5.82 Å². The summed E-state index contributed by atoms with van der Waals surface area (Å²) in [5.41, 5.74) is 0.701. The van der Waals surface area contributed by atoms with E-state index in [-0.39, 0.29) is 0 Å². The van der Waals surface area contributed by atoms with Crippen molar-refractivity contribution in [3.63, 3.8) is 0 Å². The fourth-order valence-corrected chi connectivity index (χ4v) is 2.50. The van der Waals surface area contributed by atoms with Gasteiger partial charge in [-0.15, -0.1) is 0 Å². The first kappa shape index (κ1) is 15.7. The molecule has 5 nitrogen and oxygen atoms in total. The summed E-state index contributed by atoms with van der Waals surface area (Å²) < 4.78 is 12.4. The smallest absolute Gasteiger partial charge is 0.179 e. The number of ether oxygens (including phenoxy) is 2. The minimum atomic E-state index is -0.640. The highest BCUT2D eigenvalue weighted by atomic mass is 35.5. The van der Waals surface area contributed by atoms with Gasteiger partial charge >= 0.3 is 0 Å². The molecule has 0 fully saturated rings. The van der Waals surface area contributed by atoms with Gasteiger partial charge in [-0.05, 0) is 24.1 Å². The molecule has 0 radical (unpaired) electrons. The molecule has 114 valence electrons. The van der Waals surface area contributed by atoms with Gasteiger partial charge in [0.15, 0.2) is 11.5 Å². The van der Waals surface area contributed by atoms with E-state index in [4.69, 9.17) is 21.1 Å². The van der Waals surface area contributed by atoms with Gasteiger partial charge in [0.1, 0.15) is 5.82 Å². The monoisotopic (exact) mass is 310 g/mol. The van der Waals surface area contributed by atoms with Gasteiger partial charge in [0.25, 0.3) is 0 Å². The molecule has 2 aromatic rings. The number of halogens is 1. The van der Waals surface area contributed by atoms with Crippen LogP contribution in [-0.2, 0) is 13.5 Å². The molecule has 1 atom stereocenters. The molecule has 0 aliphatic carbocycles. The SMILES string of the molecule is COc1cc(C(O)CCc2nccn2C)cc(Cl)c1OC. The third kappa shape index (κ3) is 3.49. The Morgan fingerprint density at radius 2 is 2.10 bits per heavy atom. The summed E-state index contributed by atoms with van der Waals surface area (Å²) in [4.78, 5) is 4.24. The second-order valence-corrected chi connectivity index (χ2v) is 5.15. The Balaban J connectivity index is 2.13. The van der Waals surface area contributed by atoms with Crippen molar-refractivity contribution in [2.45, 2.75) is 18.9 Å². The molecule has 1 aromatic carbocycles. The number of hydrogen-bond donors (Lipinski definition) is 1. The predicted molar refractivity (Wildman–Crippen MR) is 81.0 cm³/mol. The van der Waals surface area contributed by atoms with Crippen LogP contribution in [0, 0.1) is 0 Å². The highest BCUT2D eigenvalue weighted by Crippen LogP contribution is 2.38. The lowest BCUT2D eigenvalue weighted by molar-refractivity contribution is 0.166. The Hall–Kier alpha value is -1.72. The molecule has 0 saturated heterocycles. The van der Waals surface area contributed by atoms with E-state index in [1.807, 2.05) is 17.8 Å². The molecule has 1 heterocycles. The highest BCUT2D eigenvalue weighted by Gasteiger charge is 2.16. The van der Waals surface area contributed by atoms with Crippen molar-refractivity contribution in [3.8, 4) is 11.5 Å². The number of aryl methyl sites for hydroxylation is 2. The number of aliphatic hydroxyl groups excluding tert-OH is 1. The van der Waals surface area contributed by atoms with E-state index in [1.54, 1.807) is 18.3 Å². The van der Waals surface area contributed by atoms with Gasteiger partial charge in [-0.1, -0.05) is 11.6 Å². The quantitative estimate of drug-likeness (QED) is 0.891. The molecule has 0 spiro atoms. The van der Waals surface area contributed by atoms with Crippen LogP contribution in [0.2, 0.25) is 5.02 Å². The van der Waals surface area contributed by atoms with Crippen LogP contribution in [0.3, 0.4) is 0 Å². The van der Waals surface area contributed by atoms with Crippen LogP contribution in [0.4, 0.5) is 0 Å². The molecule has 6 heteroatoms. The number of rotatable bonds is 6. The zero-order chi connectivity index (χ0) is 15.4. The van der Waals surface area contributed by atoms with E-state index in [1.165, 1.54) is 14.2 Å². The number of aliphatic hydroxyl groups is 1. The fraction of sp³-hybridized carbons (Fsp3) is 0.400. The van der Waals surface area contributed by atoms with Crippen LogP contribution >= 0.6 is 11.6 Å². The molecular weight excluding hydrogens is 292 g/mol.